The number of nitrogens with one attached hydrogen (secondary N) is 1. The van der Waals surface area contributed by atoms with Gasteiger partial charge in [-0.25, -0.2) is 0 Å². The van der Waals surface area contributed by atoms with Gasteiger partial charge >= 0.3 is 0 Å². The lowest BCUT2D eigenvalue weighted by Crippen LogP contribution is -3.13. The number of hydrogen-bond donors (Lipinski definition) is 2. The van der Waals surface area contributed by atoms with Crippen LogP contribution in [0, 0.1) is 5.92 Å². The van der Waals surface area contributed by atoms with Crippen molar-refractivity contribution in [2.45, 2.75) is 32.2 Å². The lowest BCUT2D eigenvalue weighted by molar-refractivity contribution is -0.907. The van der Waals surface area contributed by atoms with Crippen LogP contribution in [0.2, 0.25) is 0 Å². The van der Waals surface area contributed by atoms with Crippen molar-refractivity contribution in [1.82, 2.24) is 0 Å². The molecule has 2 heterocycles. The third-order valence-electron chi connectivity index (χ3n) is 5.94. The van der Waals surface area contributed by atoms with Crippen molar-refractivity contribution in [2.24, 2.45) is 5.92 Å². The normalized spacial score (nSPS) is 21.3. The third kappa shape index (κ3) is 5.24. The van der Waals surface area contributed by atoms with E-state index < -0.39 is 0 Å². The molecule has 0 unspecified atom stereocenters. The number of likely N-dealkylation sites (tertiary alicyclic amines) is 1. The van der Waals surface area contributed by atoms with Crippen LogP contribution in [0.25, 0.3) is 0 Å². The van der Waals surface area contributed by atoms with E-state index >= 15 is 0 Å². The van der Waals surface area contributed by atoms with Crippen LogP contribution in [0.5, 0.6) is 11.5 Å². The number of fused-ring (bicyclic) bond motifs is 1. The zero-order valence-corrected chi connectivity index (χ0v) is 16.2. The Morgan fingerprint density at radius 1 is 0.926 bits per heavy atom. The molecule has 1 saturated heterocycles. The minimum Gasteiger partial charge on any atom is -0.454 e. The maximum absolute atomic E-state index is 5.45. The maximum atomic E-state index is 5.45. The van der Waals surface area contributed by atoms with Crippen LogP contribution >= 0.6 is 0 Å². The quantitative estimate of drug-likeness (QED) is 0.692. The summed E-state index contributed by atoms with van der Waals surface area (Å²) in [5.74, 6) is 2.65. The van der Waals surface area contributed by atoms with Crippen LogP contribution in [-0.4, -0.2) is 33.0 Å². The van der Waals surface area contributed by atoms with Gasteiger partial charge in [0.1, 0.15) is 6.54 Å². The van der Waals surface area contributed by atoms with Gasteiger partial charge in [0.2, 0.25) is 6.79 Å². The van der Waals surface area contributed by atoms with Gasteiger partial charge in [0.15, 0.2) is 11.5 Å². The van der Waals surface area contributed by atoms with Gasteiger partial charge in [-0.3, -0.25) is 0 Å². The van der Waals surface area contributed by atoms with Crippen LogP contribution in [-0.2, 0) is 13.0 Å². The van der Waals surface area contributed by atoms with Gasteiger partial charge in [0, 0.05) is 12.0 Å². The minimum atomic E-state index is 0.354. The standard InChI is InChI=1S/C23H30N2O2/c1-2-5-19(6-3-1)15-20-9-13-25(14-10-20)12-4-11-24-17-21-7-8-22-23(16-21)27-18-26-22/h1-3,5-8,16,20,24H,4,9-15,17-18H2/p+2. The van der Waals surface area contributed by atoms with Gasteiger partial charge in [0.25, 0.3) is 0 Å². The molecule has 0 atom stereocenters. The Labute approximate surface area is 162 Å². The minimum absolute atomic E-state index is 0.354. The number of ether oxygens (including phenoxy) is 2. The molecule has 2 aliphatic rings. The Bertz CT molecular complexity index is 712. The van der Waals surface area contributed by atoms with Crippen LogP contribution in [0.15, 0.2) is 48.5 Å². The summed E-state index contributed by atoms with van der Waals surface area (Å²) in [5.41, 5.74) is 2.82. The maximum Gasteiger partial charge on any atom is 0.231 e. The molecule has 3 N–H and O–H groups in total. The van der Waals surface area contributed by atoms with E-state index in [2.05, 4.69) is 47.8 Å². The summed E-state index contributed by atoms with van der Waals surface area (Å²) in [6, 6.07) is 17.3. The SMILES string of the molecule is c1ccc(CC2CC[NH+](CCC[NH2+]Cc3ccc4c(c3)OCO4)CC2)cc1. The van der Waals surface area contributed by atoms with Crippen LogP contribution in [0.3, 0.4) is 0 Å². The highest BCUT2D eigenvalue weighted by atomic mass is 16.7. The molecule has 27 heavy (non-hydrogen) atoms. The largest absolute Gasteiger partial charge is 0.454 e. The molecule has 0 saturated carbocycles. The smallest absolute Gasteiger partial charge is 0.231 e. The average Bonchev–Trinajstić information content (AvgIpc) is 3.18. The second-order valence-corrected chi connectivity index (χ2v) is 7.96. The van der Waals surface area contributed by atoms with E-state index in [-0.39, 0.29) is 0 Å². The molecule has 2 aliphatic heterocycles. The lowest BCUT2D eigenvalue weighted by atomic mass is 9.90. The Kier molecular flexibility index (Phi) is 6.28. The zero-order valence-electron chi connectivity index (χ0n) is 16.2. The van der Waals surface area contributed by atoms with E-state index in [1.165, 1.54) is 63.0 Å². The fourth-order valence-electron chi connectivity index (χ4n) is 4.32. The van der Waals surface area contributed by atoms with Crippen LogP contribution in [0.1, 0.15) is 30.4 Å². The Morgan fingerprint density at radius 2 is 1.74 bits per heavy atom. The predicted octanol–water partition coefficient (Wildman–Crippen LogP) is 1.41. The van der Waals surface area contributed by atoms with Crippen LogP contribution in [0.4, 0.5) is 0 Å². The van der Waals surface area contributed by atoms with Crippen molar-refractivity contribution in [3.8, 4) is 11.5 Å². The highest BCUT2D eigenvalue weighted by Crippen LogP contribution is 2.32. The molecule has 1 fully saturated rings. The van der Waals surface area contributed by atoms with Gasteiger partial charge in [-0.2, -0.15) is 0 Å². The first-order valence-corrected chi connectivity index (χ1v) is 10.4. The van der Waals surface area contributed by atoms with Crippen molar-refractivity contribution in [2.75, 3.05) is 33.0 Å². The molecular weight excluding hydrogens is 336 g/mol. The molecule has 2 aromatic rings. The van der Waals surface area contributed by atoms with E-state index in [1.54, 1.807) is 4.90 Å². The van der Waals surface area contributed by atoms with Crippen molar-refractivity contribution < 1.29 is 19.7 Å². The number of hydrogen-bond acceptors (Lipinski definition) is 2. The molecule has 0 aromatic heterocycles. The van der Waals surface area contributed by atoms with Gasteiger partial charge in [-0.1, -0.05) is 30.3 Å². The molecule has 144 valence electrons. The van der Waals surface area contributed by atoms with E-state index in [0.717, 1.165) is 24.0 Å². The van der Waals surface area contributed by atoms with Gasteiger partial charge in [-0.15, -0.1) is 0 Å². The number of quaternary nitrogens is 2. The van der Waals surface area contributed by atoms with Gasteiger partial charge in [0.05, 0.1) is 26.2 Å². The summed E-state index contributed by atoms with van der Waals surface area (Å²) in [4.78, 5) is 1.80. The van der Waals surface area contributed by atoms with Crippen molar-refractivity contribution in [3.05, 3.63) is 59.7 Å². The molecule has 0 aliphatic carbocycles. The molecule has 4 nitrogen and oxygen atoms in total. The topological polar surface area (TPSA) is 39.5 Å². The molecule has 0 bridgehead atoms. The van der Waals surface area contributed by atoms with Gasteiger partial charge in [-0.05, 0) is 48.9 Å². The Balaban J connectivity index is 1.09. The summed E-state index contributed by atoms with van der Waals surface area (Å²) < 4.78 is 10.8. The van der Waals surface area contributed by atoms with E-state index in [9.17, 15) is 0 Å². The molecule has 2 aromatic carbocycles. The van der Waals surface area contributed by atoms with E-state index in [1.807, 2.05) is 6.07 Å². The van der Waals surface area contributed by atoms with Crippen LogP contribution < -0.4 is 19.7 Å². The number of nitrogens with two attached hydrogens (primary N) is 1. The predicted molar refractivity (Wildman–Crippen MR) is 106 cm³/mol. The number of rotatable bonds is 8. The summed E-state index contributed by atoms with van der Waals surface area (Å²) in [5, 5.41) is 2.42. The van der Waals surface area contributed by atoms with Crippen molar-refractivity contribution in [3.63, 3.8) is 0 Å². The zero-order chi connectivity index (χ0) is 18.3. The number of benzene rings is 2. The summed E-state index contributed by atoms with van der Waals surface area (Å²) in [6.45, 7) is 6.58. The molecule has 4 rings (SSSR count). The van der Waals surface area contributed by atoms with E-state index in [0.29, 0.717) is 6.79 Å². The first kappa shape index (κ1) is 18.3. The molecule has 4 heteroatoms. The number of piperidine rings is 1. The van der Waals surface area contributed by atoms with E-state index in [4.69, 9.17) is 9.47 Å². The highest BCUT2D eigenvalue weighted by Gasteiger charge is 2.22. The first-order valence-electron chi connectivity index (χ1n) is 10.4. The fourth-order valence-corrected chi connectivity index (χ4v) is 4.32. The Hall–Kier alpha value is -2.04. The van der Waals surface area contributed by atoms with Gasteiger partial charge < -0.3 is 19.7 Å². The summed E-state index contributed by atoms with van der Waals surface area (Å²) in [6.07, 6.45) is 5.32. The second kappa shape index (κ2) is 9.25. The molecule has 0 radical (unpaired) electrons. The molecule has 0 amide bonds. The lowest BCUT2D eigenvalue weighted by Gasteiger charge is -2.29. The van der Waals surface area contributed by atoms with Crippen molar-refractivity contribution >= 4 is 0 Å². The second-order valence-electron chi connectivity index (χ2n) is 7.96. The summed E-state index contributed by atoms with van der Waals surface area (Å²) in [7, 11) is 0. The average molecular weight is 369 g/mol. The first-order chi connectivity index (χ1) is 13.4. The van der Waals surface area contributed by atoms with Crippen molar-refractivity contribution in [1.29, 1.82) is 0 Å². The Morgan fingerprint density at radius 3 is 2.59 bits per heavy atom. The summed E-state index contributed by atoms with van der Waals surface area (Å²) >= 11 is 0. The third-order valence-corrected chi connectivity index (χ3v) is 5.94. The highest BCUT2D eigenvalue weighted by molar-refractivity contribution is 5.44. The fraction of sp³-hybridized carbons (Fsp3) is 0.478. The monoisotopic (exact) mass is 368 g/mol. The molecule has 0 spiro atoms. The molecular formula is C23H32N2O2+2.